The third-order valence-corrected chi connectivity index (χ3v) is 7.92. The quantitative estimate of drug-likeness (QED) is 0.219. The Morgan fingerprint density at radius 3 is 1.35 bits per heavy atom. The molecule has 0 aliphatic rings. The minimum atomic E-state index is -0.944. The number of rotatable bonds is 6. The highest BCUT2D eigenvalue weighted by Crippen LogP contribution is 2.44. The SMILES string of the molecule is N#CC(Cc1ccccc1)(c1cn(-c2ccccc2)c2ccccc12)c1cn(-c2ccccc2)c2ccccc12. The van der Waals surface area contributed by atoms with Gasteiger partial charge in [-0.05, 0) is 48.4 Å². The van der Waals surface area contributed by atoms with Crippen LogP contribution in [0, 0.1) is 11.3 Å². The van der Waals surface area contributed by atoms with Crippen LogP contribution >= 0.6 is 0 Å². The average molecular weight is 514 g/mol. The number of fused-ring (bicyclic) bond motifs is 2. The van der Waals surface area contributed by atoms with Crippen molar-refractivity contribution in [3.63, 3.8) is 0 Å². The number of hydrogen-bond acceptors (Lipinski definition) is 1. The first-order valence-electron chi connectivity index (χ1n) is 13.6. The van der Waals surface area contributed by atoms with Crippen molar-refractivity contribution in [1.29, 1.82) is 5.26 Å². The summed E-state index contributed by atoms with van der Waals surface area (Å²) in [5.74, 6) is 0. The van der Waals surface area contributed by atoms with Gasteiger partial charge in [0.15, 0.2) is 0 Å². The van der Waals surface area contributed by atoms with Gasteiger partial charge in [0.2, 0.25) is 0 Å². The second-order valence-electron chi connectivity index (χ2n) is 10.2. The molecule has 3 heteroatoms. The molecule has 0 aliphatic heterocycles. The van der Waals surface area contributed by atoms with Gasteiger partial charge in [-0.2, -0.15) is 5.26 Å². The molecule has 0 atom stereocenters. The number of aromatic nitrogens is 2. The predicted octanol–water partition coefficient (Wildman–Crippen LogP) is 8.63. The predicted molar refractivity (Wildman–Crippen MR) is 163 cm³/mol. The third-order valence-electron chi connectivity index (χ3n) is 7.92. The Morgan fingerprint density at radius 1 is 0.500 bits per heavy atom. The number of benzene rings is 5. The molecular weight excluding hydrogens is 486 g/mol. The topological polar surface area (TPSA) is 33.6 Å². The van der Waals surface area contributed by atoms with Gasteiger partial charge in [0.05, 0.1) is 17.1 Å². The fourth-order valence-corrected chi connectivity index (χ4v) is 6.04. The lowest BCUT2D eigenvalue weighted by molar-refractivity contribution is 0.661. The molecule has 2 heterocycles. The lowest BCUT2D eigenvalue weighted by Gasteiger charge is -2.27. The Labute approximate surface area is 233 Å². The van der Waals surface area contributed by atoms with Crippen molar-refractivity contribution in [2.24, 2.45) is 0 Å². The van der Waals surface area contributed by atoms with E-state index in [2.05, 4.69) is 149 Å². The molecule has 0 fully saturated rings. The third kappa shape index (κ3) is 3.82. The van der Waals surface area contributed by atoms with Crippen LogP contribution in [0.3, 0.4) is 0 Å². The molecule has 0 saturated carbocycles. The van der Waals surface area contributed by atoms with Gasteiger partial charge in [-0.3, -0.25) is 0 Å². The van der Waals surface area contributed by atoms with E-state index in [1.54, 1.807) is 0 Å². The van der Waals surface area contributed by atoms with Crippen LogP contribution in [0.1, 0.15) is 16.7 Å². The monoisotopic (exact) mass is 513 g/mol. The summed E-state index contributed by atoms with van der Waals surface area (Å²) in [6, 6.07) is 50.9. The van der Waals surface area contributed by atoms with Crippen LogP contribution in [0.25, 0.3) is 33.2 Å². The maximum absolute atomic E-state index is 11.4. The van der Waals surface area contributed by atoms with E-state index in [4.69, 9.17) is 0 Å². The Morgan fingerprint density at radius 2 is 0.900 bits per heavy atom. The van der Waals surface area contributed by atoms with Gasteiger partial charge in [0.1, 0.15) is 5.41 Å². The minimum Gasteiger partial charge on any atom is -0.316 e. The molecule has 7 aromatic rings. The first-order chi connectivity index (χ1) is 19.8. The van der Waals surface area contributed by atoms with Crippen molar-refractivity contribution in [1.82, 2.24) is 9.13 Å². The molecule has 3 nitrogen and oxygen atoms in total. The molecule has 7 rings (SSSR count). The molecule has 0 amide bonds. The molecule has 2 aromatic heterocycles. The van der Waals surface area contributed by atoms with Crippen LogP contribution in [0.15, 0.2) is 152 Å². The summed E-state index contributed by atoms with van der Waals surface area (Å²) in [5.41, 5.74) is 6.51. The van der Waals surface area contributed by atoms with Gasteiger partial charge in [0.25, 0.3) is 0 Å². The van der Waals surface area contributed by atoms with Crippen LogP contribution in [0.5, 0.6) is 0 Å². The zero-order valence-electron chi connectivity index (χ0n) is 22.0. The summed E-state index contributed by atoms with van der Waals surface area (Å²) in [5, 5.41) is 13.5. The maximum atomic E-state index is 11.4. The van der Waals surface area contributed by atoms with Gasteiger partial charge in [-0.25, -0.2) is 0 Å². The zero-order valence-corrected chi connectivity index (χ0v) is 22.0. The maximum Gasteiger partial charge on any atom is 0.115 e. The number of nitrogens with zero attached hydrogens (tertiary/aromatic N) is 3. The lowest BCUT2D eigenvalue weighted by atomic mass is 9.71. The molecule has 0 N–H and O–H groups in total. The summed E-state index contributed by atoms with van der Waals surface area (Å²) >= 11 is 0. The van der Waals surface area contributed by atoms with Gasteiger partial charge in [-0.1, -0.05) is 103 Å². The lowest BCUT2D eigenvalue weighted by Crippen LogP contribution is -2.28. The van der Waals surface area contributed by atoms with Crippen LogP contribution < -0.4 is 0 Å². The van der Waals surface area contributed by atoms with E-state index in [1.165, 1.54) is 0 Å². The summed E-state index contributed by atoms with van der Waals surface area (Å²) in [7, 11) is 0. The van der Waals surface area contributed by atoms with Gasteiger partial charge in [0, 0.05) is 45.7 Å². The highest BCUT2D eigenvalue weighted by atomic mass is 15.0. The van der Waals surface area contributed by atoms with E-state index in [-0.39, 0.29) is 0 Å². The van der Waals surface area contributed by atoms with Gasteiger partial charge < -0.3 is 9.13 Å². The van der Waals surface area contributed by atoms with E-state index in [1.807, 2.05) is 18.2 Å². The van der Waals surface area contributed by atoms with Crippen molar-refractivity contribution >= 4 is 21.8 Å². The van der Waals surface area contributed by atoms with Gasteiger partial charge >= 0.3 is 0 Å². The molecule has 0 saturated heterocycles. The fraction of sp³-hybridized carbons (Fsp3) is 0.0541. The van der Waals surface area contributed by atoms with Crippen molar-refractivity contribution in [2.45, 2.75) is 11.8 Å². The molecule has 40 heavy (non-hydrogen) atoms. The van der Waals surface area contributed by atoms with Crippen molar-refractivity contribution < 1.29 is 0 Å². The van der Waals surface area contributed by atoms with Crippen LogP contribution in [0.4, 0.5) is 0 Å². The molecule has 0 aliphatic carbocycles. The molecule has 0 unspecified atom stereocenters. The number of hydrogen-bond donors (Lipinski definition) is 0. The first-order valence-corrected chi connectivity index (χ1v) is 13.6. The summed E-state index contributed by atoms with van der Waals surface area (Å²) in [6.45, 7) is 0. The van der Waals surface area contributed by atoms with Crippen LogP contribution in [0.2, 0.25) is 0 Å². The highest BCUT2D eigenvalue weighted by Gasteiger charge is 2.40. The standard InChI is InChI=1S/C37H27N3/c38-27-37(24-28-14-4-1-5-15-28,33-25-39(29-16-6-2-7-17-29)35-22-12-10-20-31(33)35)34-26-40(30-18-8-3-9-19-30)36-23-13-11-21-32(34)36/h1-23,25-26H,24H2. The largest absolute Gasteiger partial charge is 0.316 e. The van der Waals surface area contributed by atoms with E-state index in [0.29, 0.717) is 6.42 Å². The van der Waals surface area contributed by atoms with Crippen LogP contribution in [-0.2, 0) is 11.8 Å². The molecule has 5 aromatic carbocycles. The first kappa shape index (κ1) is 23.8. The highest BCUT2D eigenvalue weighted by molar-refractivity contribution is 5.92. The Bertz CT molecular complexity index is 1860. The molecule has 0 radical (unpaired) electrons. The summed E-state index contributed by atoms with van der Waals surface area (Å²) < 4.78 is 4.44. The van der Waals surface area contributed by atoms with Crippen LogP contribution in [-0.4, -0.2) is 9.13 Å². The second-order valence-corrected chi connectivity index (χ2v) is 10.2. The van der Waals surface area contributed by atoms with E-state index in [0.717, 1.165) is 49.9 Å². The Hall–Kier alpha value is -5.33. The second kappa shape index (κ2) is 9.76. The Kier molecular flexibility index (Phi) is 5.80. The average Bonchev–Trinajstić information content (AvgIpc) is 3.62. The normalized spacial score (nSPS) is 11.6. The van der Waals surface area contributed by atoms with Crippen molar-refractivity contribution in [2.75, 3.05) is 0 Å². The fourth-order valence-electron chi connectivity index (χ4n) is 6.04. The molecule has 0 spiro atoms. The van der Waals surface area contributed by atoms with Crippen molar-refractivity contribution in [3.05, 3.63) is 169 Å². The van der Waals surface area contributed by atoms with E-state index < -0.39 is 5.41 Å². The summed E-state index contributed by atoms with van der Waals surface area (Å²) in [6.07, 6.45) is 4.91. The summed E-state index contributed by atoms with van der Waals surface area (Å²) in [4.78, 5) is 0. The van der Waals surface area contributed by atoms with E-state index in [9.17, 15) is 5.26 Å². The smallest absolute Gasteiger partial charge is 0.115 e. The van der Waals surface area contributed by atoms with Crippen molar-refractivity contribution in [3.8, 4) is 17.4 Å². The van der Waals surface area contributed by atoms with E-state index >= 15 is 0 Å². The molecule has 0 bridgehead atoms. The Balaban J connectivity index is 1.57. The zero-order chi connectivity index (χ0) is 26.9. The number of para-hydroxylation sites is 4. The number of nitriles is 1. The molecule has 190 valence electrons. The minimum absolute atomic E-state index is 0.552. The molecular formula is C37H27N3. The van der Waals surface area contributed by atoms with Gasteiger partial charge in [-0.15, -0.1) is 0 Å².